The molecule has 1 aromatic carbocycles. The molecule has 1 aliphatic rings. The molecule has 0 N–H and O–H groups in total. The number of rotatable bonds is 3. The van der Waals surface area contributed by atoms with E-state index in [1.807, 2.05) is 19.4 Å². The largest absolute Gasteiger partial charge is 0.334 e. The van der Waals surface area contributed by atoms with Crippen LogP contribution >= 0.6 is 0 Å². The number of imidazole rings is 1. The average Bonchev–Trinajstić information content (AvgIpc) is 3.09. The number of aromatic nitrogens is 2. The molecular formula is C16H21N3. The van der Waals surface area contributed by atoms with E-state index in [4.69, 9.17) is 0 Å². The van der Waals surface area contributed by atoms with Crippen LogP contribution in [0.4, 0.5) is 0 Å². The normalized spacial score (nSPS) is 17.8. The Kier molecular flexibility index (Phi) is 3.38. The smallest absolute Gasteiger partial charge is 0.139 e. The predicted molar refractivity (Wildman–Crippen MR) is 77.9 cm³/mol. The van der Waals surface area contributed by atoms with Gasteiger partial charge in [-0.3, -0.25) is 4.90 Å². The predicted octanol–water partition coefficient (Wildman–Crippen LogP) is 3.24. The zero-order chi connectivity index (χ0) is 13.2. The molecule has 1 aromatic heterocycles. The molecule has 3 rings (SSSR count). The van der Waals surface area contributed by atoms with Crippen molar-refractivity contribution in [2.45, 2.75) is 25.8 Å². The maximum atomic E-state index is 4.43. The minimum Gasteiger partial charge on any atom is -0.334 e. The molecule has 3 nitrogen and oxygen atoms in total. The van der Waals surface area contributed by atoms with Crippen molar-refractivity contribution in [1.29, 1.82) is 0 Å². The Morgan fingerprint density at radius 1 is 1.21 bits per heavy atom. The first-order valence-electron chi connectivity index (χ1n) is 7.07. The summed E-state index contributed by atoms with van der Waals surface area (Å²) in [6.45, 7) is 4.77. The molecule has 0 spiro atoms. The van der Waals surface area contributed by atoms with E-state index in [9.17, 15) is 0 Å². The van der Waals surface area contributed by atoms with Gasteiger partial charge in [-0.25, -0.2) is 4.98 Å². The van der Waals surface area contributed by atoms with E-state index in [1.54, 1.807) is 0 Å². The Hall–Kier alpha value is -1.61. The number of likely N-dealkylation sites (tertiary alicyclic amines) is 1. The van der Waals surface area contributed by atoms with Crippen molar-refractivity contribution < 1.29 is 0 Å². The Bertz CT molecular complexity index is 553. The maximum Gasteiger partial charge on any atom is 0.139 e. The van der Waals surface area contributed by atoms with Crippen molar-refractivity contribution >= 4 is 0 Å². The lowest BCUT2D eigenvalue weighted by Gasteiger charge is -2.24. The highest BCUT2D eigenvalue weighted by Crippen LogP contribution is 2.27. The molecule has 0 bridgehead atoms. The van der Waals surface area contributed by atoms with Crippen LogP contribution in [0.25, 0.3) is 11.4 Å². The third kappa shape index (κ3) is 2.43. The number of aryl methyl sites for hydroxylation is 1. The van der Waals surface area contributed by atoms with Gasteiger partial charge in [0.1, 0.15) is 5.82 Å². The topological polar surface area (TPSA) is 21.1 Å². The molecule has 0 unspecified atom stereocenters. The maximum absolute atomic E-state index is 4.43. The zero-order valence-corrected chi connectivity index (χ0v) is 11.7. The Balaban J connectivity index is 1.89. The summed E-state index contributed by atoms with van der Waals surface area (Å²) in [5, 5.41) is 0. The van der Waals surface area contributed by atoms with Gasteiger partial charge in [0.25, 0.3) is 0 Å². The molecule has 0 saturated carbocycles. The summed E-state index contributed by atoms with van der Waals surface area (Å²) in [4.78, 5) is 7.00. The van der Waals surface area contributed by atoms with Gasteiger partial charge in [0, 0.05) is 31.0 Å². The van der Waals surface area contributed by atoms with Crippen molar-refractivity contribution in [3.05, 3.63) is 42.2 Å². The van der Waals surface area contributed by atoms with Crippen molar-refractivity contribution in [1.82, 2.24) is 14.5 Å². The number of benzene rings is 1. The van der Waals surface area contributed by atoms with Gasteiger partial charge in [0.15, 0.2) is 0 Å². The quantitative estimate of drug-likeness (QED) is 0.839. The molecule has 2 heterocycles. The van der Waals surface area contributed by atoms with E-state index in [2.05, 4.69) is 45.6 Å². The minimum absolute atomic E-state index is 0.503. The third-order valence-corrected chi connectivity index (χ3v) is 4.14. The summed E-state index contributed by atoms with van der Waals surface area (Å²) in [6.07, 6.45) is 6.52. The third-order valence-electron chi connectivity index (χ3n) is 4.14. The van der Waals surface area contributed by atoms with Crippen LogP contribution in [-0.2, 0) is 7.05 Å². The highest BCUT2D eigenvalue weighted by atomic mass is 15.2. The molecule has 0 amide bonds. The first-order valence-corrected chi connectivity index (χ1v) is 7.07. The minimum atomic E-state index is 0.503. The van der Waals surface area contributed by atoms with Crippen molar-refractivity contribution in [3.63, 3.8) is 0 Å². The summed E-state index contributed by atoms with van der Waals surface area (Å²) in [5.41, 5.74) is 2.60. The summed E-state index contributed by atoms with van der Waals surface area (Å²) >= 11 is 0. The van der Waals surface area contributed by atoms with Crippen LogP contribution < -0.4 is 0 Å². The second-order valence-corrected chi connectivity index (χ2v) is 5.41. The van der Waals surface area contributed by atoms with E-state index in [1.165, 1.54) is 37.1 Å². The van der Waals surface area contributed by atoms with Crippen LogP contribution in [0.3, 0.4) is 0 Å². The fraction of sp³-hybridized carbons (Fsp3) is 0.438. The Morgan fingerprint density at radius 3 is 2.68 bits per heavy atom. The van der Waals surface area contributed by atoms with Crippen LogP contribution in [0.5, 0.6) is 0 Å². The lowest BCUT2D eigenvalue weighted by atomic mass is 10.0. The van der Waals surface area contributed by atoms with Gasteiger partial charge in [0.2, 0.25) is 0 Å². The van der Waals surface area contributed by atoms with E-state index in [0.717, 1.165) is 5.82 Å². The molecule has 1 saturated heterocycles. The molecule has 0 aliphatic carbocycles. The zero-order valence-electron chi connectivity index (χ0n) is 11.7. The van der Waals surface area contributed by atoms with Gasteiger partial charge < -0.3 is 4.57 Å². The lowest BCUT2D eigenvalue weighted by Crippen LogP contribution is -2.23. The molecule has 1 aliphatic heterocycles. The fourth-order valence-corrected chi connectivity index (χ4v) is 2.92. The highest BCUT2D eigenvalue weighted by Gasteiger charge is 2.19. The molecule has 0 radical (unpaired) electrons. The Labute approximate surface area is 114 Å². The molecule has 100 valence electrons. The van der Waals surface area contributed by atoms with Crippen LogP contribution in [0.1, 0.15) is 31.4 Å². The second kappa shape index (κ2) is 5.17. The number of hydrogen-bond donors (Lipinski definition) is 0. The van der Waals surface area contributed by atoms with E-state index >= 15 is 0 Å². The van der Waals surface area contributed by atoms with Gasteiger partial charge >= 0.3 is 0 Å². The van der Waals surface area contributed by atoms with Crippen LogP contribution in [-0.4, -0.2) is 27.5 Å². The molecule has 3 heteroatoms. The first kappa shape index (κ1) is 12.4. The Morgan fingerprint density at radius 2 is 2.00 bits per heavy atom. The molecule has 2 aromatic rings. The SMILES string of the molecule is C[C@@H](c1cccc(-c2nccn2C)c1)N1CCCC1. The molecule has 1 atom stereocenters. The van der Waals surface area contributed by atoms with Gasteiger partial charge in [-0.1, -0.05) is 18.2 Å². The monoisotopic (exact) mass is 255 g/mol. The summed E-state index contributed by atoms with van der Waals surface area (Å²) in [6, 6.07) is 9.30. The van der Waals surface area contributed by atoms with Gasteiger partial charge in [0.05, 0.1) is 0 Å². The number of hydrogen-bond acceptors (Lipinski definition) is 2. The van der Waals surface area contributed by atoms with E-state index in [0.29, 0.717) is 6.04 Å². The van der Waals surface area contributed by atoms with Gasteiger partial charge in [-0.2, -0.15) is 0 Å². The second-order valence-electron chi connectivity index (χ2n) is 5.41. The van der Waals surface area contributed by atoms with Crippen molar-refractivity contribution in [2.24, 2.45) is 7.05 Å². The lowest BCUT2D eigenvalue weighted by molar-refractivity contribution is 0.263. The average molecular weight is 255 g/mol. The van der Waals surface area contributed by atoms with E-state index in [-0.39, 0.29) is 0 Å². The van der Waals surface area contributed by atoms with Gasteiger partial charge in [-0.15, -0.1) is 0 Å². The standard InChI is InChI=1S/C16H21N3/c1-13(19-9-3-4-10-19)14-6-5-7-15(12-14)16-17-8-11-18(16)2/h5-8,11-13H,3-4,9-10H2,1-2H3/t13-/m0/s1. The number of nitrogens with zero attached hydrogens (tertiary/aromatic N) is 3. The van der Waals surface area contributed by atoms with Gasteiger partial charge in [-0.05, 0) is 44.5 Å². The fourth-order valence-electron chi connectivity index (χ4n) is 2.92. The van der Waals surface area contributed by atoms with E-state index < -0.39 is 0 Å². The molecule has 19 heavy (non-hydrogen) atoms. The highest BCUT2D eigenvalue weighted by molar-refractivity contribution is 5.56. The van der Waals surface area contributed by atoms with Crippen molar-refractivity contribution in [2.75, 3.05) is 13.1 Å². The summed E-state index contributed by atoms with van der Waals surface area (Å²) < 4.78 is 2.07. The molecular weight excluding hydrogens is 234 g/mol. The van der Waals surface area contributed by atoms with Crippen LogP contribution in [0, 0.1) is 0 Å². The van der Waals surface area contributed by atoms with Crippen LogP contribution in [0.15, 0.2) is 36.7 Å². The summed E-state index contributed by atoms with van der Waals surface area (Å²) in [7, 11) is 2.04. The van der Waals surface area contributed by atoms with Crippen molar-refractivity contribution in [3.8, 4) is 11.4 Å². The summed E-state index contributed by atoms with van der Waals surface area (Å²) in [5.74, 6) is 1.04. The first-order chi connectivity index (χ1) is 9.25. The molecule has 1 fully saturated rings. The van der Waals surface area contributed by atoms with Crippen LogP contribution in [0.2, 0.25) is 0 Å².